The molecule has 13 heavy (non-hydrogen) atoms. The van der Waals surface area contributed by atoms with Crippen LogP contribution in [-0.2, 0) is 7.05 Å². The van der Waals surface area contributed by atoms with Gasteiger partial charge in [-0.1, -0.05) is 11.6 Å². The second-order valence-electron chi connectivity index (χ2n) is 2.71. The molecule has 2 rings (SSSR count). The van der Waals surface area contributed by atoms with Crippen LogP contribution in [-0.4, -0.2) is 14.8 Å². The van der Waals surface area contributed by atoms with Crippen molar-refractivity contribution >= 4 is 11.6 Å². The zero-order valence-corrected chi connectivity index (χ0v) is 7.86. The van der Waals surface area contributed by atoms with Crippen molar-refractivity contribution in [3.8, 4) is 11.4 Å². The third-order valence-electron chi connectivity index (χ3n) is 1.71. The lowest BCUT2D eigenvalue weighted by molar-refractivity contribution is 0.770. The summed E-state index contributed by atoms with van der Waals surface area (Å²) in [5, 5.41) is 4.84. The molecule has 0 amide bonds. The van der Waals surface area contributed by atoms with Crippen LogP contribution in [0.25, 0.3) is 11.4 Å². The molecule has 2 aromatic heterocycles. The Bertz CT molecular complexity index is 422. The van der Waals surface area contributed by atoms with Gasteiger partial charge in [0.15, 0.2) is 0 Å². The molecule has 66 valence electrons. The minimum Gasteiger partial charge on any atom is -0.275 e. The molecule has 0 spiro atoms. The SMILES string of the molecule is Cn1ccc(-c2ncccc2Cl)n1. The van der Waals surface area contributed by atoms with Crippen molar-refractivity contribution in [3.63, 3.8) is 0 Å². The normalized spacial score (nSPS) is 10.3. The lowest BCUT2D eigenvalue weighted by Crippen LogP contribution is -1.89. The predicted octanol–water partition coefficient (Wildman–Crippen LogP) is 2.14. The van der Waals surface area contributed by atoms with Gasteiger partial charge in [0, 0.05) is 19.4 Å². The molecule has 0 unspecified atom stereocenters. The van der Waals surface area contributed by atoms with E-state index in [9.17, 15) is 0 Å². The average molecular weight is 194 g/mol. The second kappa shape index (κ2) is 3.18. The van der Waals surface area contributed by atoms with E-state index in [1.165, 1.54) is 0 Å². The van der Waals surface area contributed by atoms with Crippen molar-refractivity contribution in [1.29, 1.82) is 0 Å². The maximum absolute atomic E-state index is 5.96. The van der Waals surface area contributed by atoms with E-state index in [1.54, 1.807) is 23.0 Å². The van der Waals surface area contributed by atoms with E-state index in [-0.39, 0.29) is 0 Å². The van der Waals surface area contributed by atoms with Gasteiger partial charge in [0.25, 0.3) is 0 Å². The summed E-state index contributed by atoms with van der Waals surface area (Å²) in [4.78, 5) is 4.15. The molecule has 2 heterocycles. The monoisotopic (exact) mass is 193 g/mol. The highest BCUT2D eigenvalue weighted by Gasteiger charge is 2.05. The van der Waals surface area contributed by atoms with Gasteiger partial charge in [-0.25, -0.2) is 0 Å². The number of aryl methyl sites for hydroxylation is 1. The Morgan fingerprint density at radius 2 is 2.23 bits per heavy atom. The van der Waals surface area contributed by atoms with Gasteiger partial charge >= 0.3 is 0 Å². The first-order valence-electron chi connectivity index (χ1n) is 3.88. The van der Waals surface area contributed by atoms with E-state index < -0.39 is 0 Å². The summed E-state index contributed by atoms with van der Waals surface area (Å²) in [6.45, 7) is 0. The Kier molecular flexibility index (Phi) is 2.02. The van der Waals surface area contributed by atoms with Crippen LogP contribution in [0.4, 0.5) is 0 Å². The van der Waals surface area contributed by atoms with Crippen LogP contribution in [0, 0.1) is 0 Å². The summed E-state index contributed by atoms with van der Waals surface area (Å²) >= 11 is 5.96. The second-order valence-corrected chi connectivity index (χ2v) is 3.12. The summed E-state index contributed by atoms with van der Waals surface area (Å²) in [6.07, 6.45) is 3.57. The van der Waals surface area contributed by atoms with E-state index in [2.05, 4.69) is 10.1 Å². The molecular weight excluding hydrogens is 186 g/mol. The molecule has 4 heteroatoms. The number of pyridine rings is 1. The van der Waals surface area contributed by atoms with Crippen LogP contribution in [0.2, 0.25) is 5.02 Å². The van der Waals surface area contributed by atoms with Crippen LogP contribution >= 0.6 is 11.6 Å². The lowest BCUT2D eigenvalue weighted by Gasteiger charge is -1.97. The van der Waals surface area contributed by atoms with Gasteiger partial charge in [-0.3, -0.25) is 9.67 Å². The van der Waals surface area contributed by atoms with Crippen molar-refractivity contribution in [2.45, 2.75) is 0 Å². The van der Waals surface area contributed by atoms with Crippen molar-refractivity contribution < 1.29 is 0 Å². The van der Waals surface area contributed by atoms with Gasteiger partial charge in [-0.2, -0.15) is 5.10 Å². The van der Waals surface area contributed by atoms with E-state index in [1.807, 2.05) is 19.3 Å². The van der Waals surface area contributed by atoms with Crippen molar-refractivity contribution in [2.24, 2.45) is 7.05 Å². The van der Waals surface area contributed by atoms with Crippen LogP contribution in [0.1, 0.15) is 0 Å². The van der Waals surface area contributed by atoms with Crippen molar-refractivity contribution in [1.82, 2.24) is 14.8 Å². The van der Waals surface area contributed by atoms with Gasteiger partial charge in [-0.05, 0) is 18.2 Å². The highest BCUT2D eigenvalue weighted by molar-refractivity contribution is 6.32. The smallest absolute Gasteiger partial charge is 0.112 e. The first-order valence-corrected chi connectivity index (χ1v) is 4.26. The lowest BCUT2D eigenvalue weighted by atomic mass is 10.3. The standard InChI is InChI=1S/C9H8ClN3/c1-13-6-4-8(12-13)9-7(10)3-2-5-11-9/h2-6H,1H3. The highest BCUT2D eigenvalue weighted by atomic mass is 35.5. The number of hydrogen-bond donors (Lipinski definition) is 0. The summed E-state index contributed by atoms with van der Waals surface area (Å²) < 4.78 is 1.72. The molecule has 3 nitrogen and oxygen atoms in total. The minimum absolute atomic E-state index is 0.626. The van der Waals surface area contributed by atoms with Crippen LogP contribution < -0.4 is 0 Å². The minimum atomic E-state index is 0.626. The number of hydrogen-bond acceptors (Lipinski definition) is 2. The third kappa shape index (κ3) is 1.55. The fourth-order valence-electron chi connectivity index (χ4n) is 1.12. The molecule has 0 aliphatic carbocycles. The quantitative estimate of drug-likeness (QED) is 0.695. The topological polar surface area (TPSA) is 30.7 Å². The fourth-order valence-corrected chi connectivity index (χ4v) is 1.33. The highest BCUT2D eigenvalue weighted by Crippen LogP contribution is 2.22. The summed E-state index contributed by atoms with van der Waals surface area (Å²) in [7, 11) is 1.86. The first-order chi connectivity index (χ1) is 6.27. The Morgan fingerprint density at radius 3 is 2.85 bits per heavy atom. The Labute approximate surface area is 81.0 Å². The molecule has 0 aromatic carbocycles. The molecule has 0 atom stereocenters. The molecule has 2 aromatic rings. The Hall–Kier alpha value is -1.35. The maximum atomic E-state index is 5.96. The molecule has 0 N–H and O–H groups in total. The van der Waals surface area contributed by atoms with Gasteiger partial charge < -0.3 is 0 Å². The van der Waals surface area contributed by atoms with E-state index in [4.69, 9.17) is 11.6 Å². The van der Waals surface area contributed by atoms with Crippen LogP contribution in [0.5, 0.6) is 0 Å². The zero-order valence-electron chi connectivity index (χ0n) is 7.11. The van der Waals surface area contributed by atoms with Gasteiger partial charge in [-0.15, -0.1) is 0 Å². The Balaban J connectivity index is 2.52. The summed E-state index contributed by atoms with van der Waals surface area (Å²) in [5.74, 6) is 0. The average Bonchev–Trinajstić information content (AvgIpc) is 2.53. The summed E-state index contributed by atoms with van der Waals surface area (Å²) in [6, 6.07) is 5.49. The molecule has 0 aliphatic heterocycles. The molecule has 0 aliphatic rings. The van der Waals surface area contributed by atoms with Crippen LogP contribution in [0.3, 0.4) is 0 Å². The van der Waals surface area contributed by atoms with Crippen molar-refractivity contribution in [2.75, 3.05) is 0 Å². The predicted molar refractivity (Wildman–Crippen MR) is 51.4 cm³/mol. The van der Waals surface area contributed by atoms with E-state index >= 15 is 0 Å². The van der Waals surface area contributed by atoms with Gasteiger partial charge in [0.05, 0.1) is 5.02 Å². The molecule has 0 saturated heterocycles. The van der Waals surface area contributed by atoms with Gasteiger partial charge in [0.1, 0.15) is 11.4 Å². The number of halogens is 1. The zero-order chi connectivity index (χ0) is 9.26. The summed E-state index contributed by atoms with van der Waals surface area (Å²) in [5.41, 5.74) is 1.53. The number of nitrogens with zero attached hydrogens (tertiary/aromatic N) is 3. The number of aromatic nitrogens is 3. The Morgan fingerprint density at radius 1 is 1.38 bits per heavy atom. The largest absolute Gasteiger partial charge is 0.275 e. The van der Waals surface area contributed by atoms with Crippen molar-refractivity contribution in [3.05, 3.63) is 35.6 Å². The van der Waals surface area contributed by atoms with E-state index in [0.29, 0.717) is 5.02 Å². The molecule has 0 fully saturated rings. The molecule has 0 bridgehead atoms. The van der Waals surface area contributed by atoms with E-state index in [0.717, 1.165) is 11.4 Å². The number of rotatable bonds is 1. The maximum Gasteiger partial charge on any atom is 0.112 e. The van der Waals surface area contributed by atoms with Gasteiger partial charge in [0.2, 0.25) is 0 Å². The molecule has 0 saturated carbocycles. The fraction of sp³-hybridized carbons (Fsp3) is 0.111. The third-order valence-corrected chi connectivity index (χ3v) is 2.02. The molecule has 0 radical (unpaired) electrons. The van der Waals surface area contributed by atoms with Crippen LogP contribution in [0.15, 0.2) is 30.6 Å². The molecular formula is C9H8ClN3. The first kappa shape index (κ1) is 8.26.